The second kappa shape index (κ2) is 3.58. The number of hydrogen-bond acceptors (Lipinski definition) is 1. The van der Waals surface area contributed by atoms with Gasteiger partial charge in [-0.3, -0.25) is 4.79 Å². The van der Waals surface area contributed by atoms with Gasteiger partial charge >= 0.3 is 0 Å². The molecular formula is C9H14ClNO. The Kier molecular flexibility index (Phi) is 2.91. The van der Waals surface area contributed by atoms with Crippen LogP contribution in [0.25, 0.3) is 0 Å². The number of carbonyl (C=O) groups is 1. The number of rotatable bonds is 1. The van der Waals surface area contributed by atoms with Gasteiger partial charge in [-0.05, 0) is 6.92 Å². The molecule has 2 rings (SSSR count). The zero-order valence-electron chi connectivity index (χ0n) is 7.22. The zero-order valence-corrected chi connectivity index (χ0v) is 7.97. The molecule has 0 radical (unpaired) electrons. The van der Waals surface area contributed by atoms with E-state index in [-0.39, 0.29) is 18.2 Å². The molecule has 1 fully saturated rings. The molecule has 3 heteroatoms. The fraction of sp³-hybridized carbons (Fsp3) is 0.667. The topological polar surface area (TPSA) is 33.7 Å². The lowest BCUT2D eigenvalue weighted by Crippen LogP contribution is -3.00. The van der Waals surface area contributed by atoms with E-state index >= 15 is 0 Å². The molecule has 0 aromatic carbocycles. The second-order valence-corrected chi connectivity index (χ2v) is 3.59. The highest BCUT2D eigenvalue weighted by Crippen LogP contribution is 2.20. The molecular weight excluding hydrogens is 174 g/mol. The minimum Gasteiger partial charge on any atom is -1.00 e. The number of quaternary nitrogens is 1. The Morgan fingerprint density at radius 2 is 2.33 bits per heavy atom. The van der Waals surface area contributed by atoms with Gasteiger partial charge in [-0.1, -0.05) is 6.08 Å². The lowest BCUT2D eigenvalue weighted by molar-refractivity contribution is -0.695. The normalized spacial score (nSPS) is 32.2. The number of carbonyl (C=O) groups excluding carboxylic acids is 1. The standard InChI is InChI=1S/C9H13NO.ClH/c1-6(11)8-4-2-7-3-5-9(8)10-7;/h4,7,9-10H,2-3,5H2,1H3;1H/t7-,9-;/m1./s1. The number of hydrogen-bond donors (Lipinski definition) is 1. The predicted octanol–water partition coefficient (Wildman–Crippen LogP) is -3.00. The van der Waals surface area contributed by atoms with Crippen molar-refractivity contribution in [1.29, 1.82) is 0 Å². The van der Waals surface area contributed by atoms with E-state index in [1.54, 1.807) is 6.92 Å². The summed E-state index contributed by atoms with van der Waals surface area (Å²) >= 11 is 0. The quantitative estimate of drug-likeness (QED) is 0.467. The molecule has 2 N–H and O–H groups in total. The molecule has 0 spiro atoms. The van der Waals surface area contributed by atoms with E-state index in [1.165, 1.54) is 12.8 Å². The lowest BCUT2D eigenvalue weighted by Gasteiger charge is -2.16. The van der Waals surface area contributed by atoms with Crippen LogP contribution in [0.2, 0.25) is 0 Å². The number of fused-ring (bicyclic) bond motifs is 2. The maximum Gasteiger partial charge on any atom is 0.161 e. The van der Waals surface area contributed by atoms with Crippen LogP contribution in [-0.2, 0) is 4.79 Å². The Hall–Kier alpha value is -0.340. The van der Waals surface area contributed by atoms with Crippen molar-refractivity contribution < 1.29 is 22.5 Å². The fourth-order valence-electron chi connectivity index (χ4n) is 2.20. The molecule has 2 nitrogen and oxygen atoms in total. The van der Waals surface area contributed by atoms with E-state index in [9.17, 15) is 4.79 Å². The monoisotopic (exact) mass is 187 g/mol. The van der Waals surface area contributed by atoms with Gasteiger partial charge in [-0.2, -0.15) is 0 Å². The van der Waals surface area contributed by atoms with E-state index in [0.29, 0.717) is 6.04 Å². The first-order valence-corrected chi connectivity index (χ1v) is 4.33. The molecule has 2 atom stereocenters. The molecule has 12 heavy (non-hydrogen) atoms. The summed E-state index contributed by atoms with van der Waals surface area (Å²) in [6.45, 7) is 1.68. The minimum absolute atomic E-state index is 0. The summed E-state index contributed by atoms with van der Waals surface area (Å²) in [6.07, 6.45) is 5.74. The van der Waals surface area contributed by atoms with Gasteiger partial charge in [-0.25, -0.2) is 0 Å². The fourth-order valence-corrected chi connectivity index (χ4v) is 2.20. The first-order chi connectivity index (χ1) is 5.27. The summed E-state index contributed by atoms with van der Waals surface area (Å²) in [4.78, 5) is 11.1. The summed E-state index contributed by atoms with van der Waals surface area (Å²) in [7, 11) is 0. The molecule has 0 aromatic heterocycles. The SMILES string of the molecule is CC(=O)C1=CC[C@@H]2CC[C@H]1[NH2+]2.[Cl-]. The Labute approximate surface area is 78.8 Å². The molecule has 2 heterocycles. The van der Waals surface area contributed by atoms with Crippen molar-refractivity contribution in [3.63, 3.8) is 0 Å². The van der Waals surface area contributed by atoms with Crippen LogP contribution < -0.4 is 17.7 Å². The van der Waals surface area contributed by atoms with Crippen LogP contribution in [0.1, 0.15) is 26.2 Å². The third-order valence-electron chi connectivity index (χ3n) is 2.80. The van der Waals surface area contributed by atoms with Crippen molar-refractivity contribution >= 4 is 5.78 Å². The number of ketones is 1. The molecule has 0 saturated carbocycles. The number of Topliss-reactive ketones (excluding diaryl/α,β-unsaturated/α-hetero) is 1. The highest BCUT2D eigenvalue weighted by atomic mass is 35.5. The summed E-state index contributed by atoms with van der Waals surface area (Å²) in [5.41, 5.74) is 1.07. The van der Waals surface area contributed by atoms with E-state index in [4.69, 9.17) is 0 Å². The Balaban J connectivity index is 0.000000720. The number of nitrogens with two attached hydrogens (primary N) is 1. The van der Waals surface area contributed by atoms with Gasteiger partial charge in [-0.15, -0.1) is 0 Å². The molecule has 2 aliphatic rings. The van der Waals surface area contributed by atoms with Crippen LogP contribution in [-0.4, -0.2) is 17.9 Å². The summed E-state index contributed by atoms with van der Waals surface area (Å²) in [5, 5.41) is 2.36. The van der Waals surface area contributed by atoms with Gasteiger partial charge in [0.25, 0.3) is 0 Å². The molecule has 1 saturated heterocycles. The van der Waals surface area contributed by atoms with Gasteiger partial charge in [0, 0.05) is 24.8 Å². The maximum atomic E-state index is 11.1. The molecule has 0 aromatic rings. The first-order valence-electron chi connectivity index (χ1n) is 4.33. The third-order valence-corrected chi connectivity index (χ3v) is 2.80. The van der Waals surface area contributed by atoms with Gasteiger partial charge < -0.3 is 17.7 Å². The van der Waals surface area contributed by atoms with Crippen molar-refractivity contribution in [2.75, 3.05) is 0 Å². The Morgan fingerprint density at radius 3 is 3.00 bits per heavy atom. The maximum absolute atomic E-state index is 11.1. The highest BCUT2D eigenvalue weighted by molar-refractivity contribution is 5.94. The molecule has 68 valence electrons. The summed E-state index contributed by atoms with van der Waals surface area (Å²) < 4.78 is 0. The van der Waals surface area contributed by atoms with Gasteiger partial charge in [0.05, 0.1) is 6.04 Å². The number of halogens is 1. The van der Waals surface area contributed by atoms with Gasteiger partial charge in [0.1, 0.15) is 6.04 Å². The van der Waals surface area contributed by atoms with Crippen molar-refractivity contribution in [2.24, 2.45) is 0 Å². The van der Waals surface area contributed by atoms with E-state index in [2.05, 4.69) is 11.4 Å². The second-order valence-electron chi connectivity index (χ2n) is 3.59. The molecule has 0 aliphatic carbocycles. The van der Waals surface area contributed by atoms with Gasteiger partial charge in [0.2, 0.25) is 0 Å². The van der Waals surface area contributed by atoms with Crippen LogP contribution in [0, 0.1) is 0 Å². The largest absolute Gasteiger partial charge is 1.00 e. The predicted molar refractivity (Wildman–Crippen MR) is 42.1 cm³/mol. The molecule has 2 bridgehead atoms. The van der Waals surface area contributed by atoms with Crippen molar-refractivity contribution in [3.05, 3.63) is 11.6 Å². The molecule has 2 aliphatic heterocycles. The van der Waals surface area contributed by atoms with E-state index in [0.717, 1.165) is 18.0 Å². The average Bonchev–Trinajstić information content (AvgIpc) is 2.32. The first kappa shape index (κ1) is 9.75. The van der Waals surface area contributed by atoms with E-state index in [1.807, 2.05) is 0 Å². The Bertz CT molecular complexity index is 225. The van der Waals surface area contributed by atoms with Crippen molar-refractivity contribution in [3.8, 4) is 0 Å². The smallest absolute Gasteiger partial charge is 0.161 e. The van der Waals surface area contributed by atoms with E-state index < -0.39 is 0 Å². The summed E-state index contributed by atoms with van der Waals surface area (Å²) in [5.74, 6) is 0.270. The van der Waals surface area contributed by atoms with Crippen LogP contribution in [0.3, 0.4) is 0 Å². The third kappa shape index (κ3) is 1.54. The van der Waals surface area contributed by atoms with Crippen LogP contribution in [0.4, 0.5) is 0 Å². The van der Waals surface area contributed by atoms with Gasteiger partial charge in [0.15, 0.2) is 5.78 Å². The van der Waals surface area contributed by atoms with Crippen LogP contribution >= 0.6 is 0 Å². The average molecular weight is 188 g/mol. The molecule has 0 amide bonds. The van der Waals surface area contributed by atoms with Crippen LogP contribution in [0.15, 0.2) is 11.6 Å². The van der Waals surface area contributed by atoms with Crippen molar-refractivity contribution in [2.45, 2.75) is 38.3 Å². The van der Waals surface area contributed by atoms with Crippen molar-refractivity contribution in [1.82, 2.24) is 0 Å². The Morgan fingerprint density at radius 1 is 1.58 bits per heavy atom. The zero-order chi connectivity index (χ0) is 7.84. The summed E-state index contributed by atoms with van der Waals surface area (Å²) in [6, 6.07) is 1.29. The lowest BCUT2D eigenvalue weighted by atomic mass is 10.0. The van der Waals surface area contributed by atoms with Crippen LogP contribution in [0.5, 0.6) is 0 Å². The molecule has 0 unspecified atom stereocenters. The highest BCUT2D eigenvalue weighted by Gasteiger charge is 2.35. The minimum atomic E-state index is 0.